The first-order valence-corrected chi connectivity index (χ1v) is 7.71. The predicted octanol–water partition coefficient (Wildman–Crippen LogP) is 4.19. The molecular formula is C20H24O2. The molecule has 0 aliphatic heterocycles. The number of Topliss-reactive ketones (excluding diaryl/α,β-unsaturated/α-hetero) is 1. The molecule has 2 unspecified atom stereocenters. The van der Waals surface area contributed by atoms with Crippen LogP contribution in [0.25, 0.3) is 0 Å². The standard InChI is InChI=1S/C20H24O2/c1-20(2,3)19(22)17(14-15-10-6-4-7-11-15)18(21)16-12-8-5-9-13-16/h4-13,17-18,21H,14H2,1-3H3. The quantitative estimate of drug-likeness (QED) is 0.898. The number of benzene rings is 2. The smallest absolute Gasteiger partial charge is 0.144 e. The molecule has 0 aliphatic rings. The van der Waals surface area contributed by atoms with Gasteiger partial charge in [0.15, 0.2) is 0 Å². The molecule has 2 aromatic rings. The van der Waals surface area contributed by atoms with Crippen LogP contribution in [0.1, 0.15) is 38.0 Å². The van der Waals surface area contributed by atoms with E-state index >= 15 is 0 Å². The van der Waals surface area contributed by atoms with Gasteiger partial charge in [-0.15, -0.1) is 0 Å². The normalized spacial score (nSPS) is 14.4. The van der Waals surface area contributed by atoms with Gasteiger partial charge in [-0.25, -0.2) is 0 Å². The highest BCUT2D eigenvalue weighted by atomic mass is 16.3. The van der Waals surface area contributed by atoms with Gasteiger partial charge in [0, 0.05) is 5.41 Å². The molecule has 0 amide bonds. The van der Waals surface area contributed by atoms with Crippen molar-refractivity contribution in [1.29, 1.82) is 0 Å². The second kappa shape index (κ2) is 6.89. The van der Waals surface area contributed by atoms with E-state index in [0.29, 0.717) is 6.42 Å². The number of rotatable bonds is 5. The van der Waals surface area contributed by atoms with Crippen LogP contribution in [0.2, 0.25) is 0 Å². The highest BCUT2D eigenvalue weighted by Gasteiger charge is 2.35. The lowest BCUT2D eigenvalue weighted by atomic mass is 9.76. The van der Waals surface area contributed by atoms with E-state index in [1.54, 1.807) is 0 Å². The van der Waals surface area contributed by atoms with Crippen LogP contribution in [0.15, 0.2) is 60.7 Å². The van der Waals surface area contributed by atoms with Crippen LogP contribution in [-0.2, 0) is 11.2 Å². The molecule has 0 bridgehead atoms. The summed E-state index contributed by atoms with van der Waals surface area (Å²) in [6, 6.07) is 19.3. The lowest BCUT2D eigenvalue weighted by Gasteiger charge is -2.28. The minimum absolute atomic E-state index is 0.0905. The monoisotopic (exact) mass is 296 g/mol. The van der Waals surface area contributed by atoms with Gasteiger partial charge in [-0.2, -0.15) is 0 Å². The van der Waals surface area contributed by atoms with Crippen LogP contribution in [0.5, 0.6) is 0 Å². The maximum absolute atomic E-state index is 12.8. The molecule has 0 aromatic heterocycles. The van der Waals surface area contributed by atoms with Gasteiger partial charge in [-0.1, -0.05) is 81.4 Å². The van der Waals surface area contributed by atoms with Crippen molar-refractivity contribution >= 4 is 5.78 Å². The Balaban J connectivity index is 2.31. The van der Waals surface area contributed by atoms with Gasteiger partial charge in [0.05, 0.1) is 12.0 Å². The summed E-state index contributed by atoms with van der Waals surface area (Å²) < 4.78 is 0. The van der Waals surface area contributed by atoms with Crippen molar-refractivity contribution in [3.8, 4) is 0 Å². The largest absolute Gasteiger partial charge is 0.388 e. The summed E-state index contributed by atoms with van der Waals surface area (Å²) in [4.78, 5) is 12.8. The van der Waals surface area contributed by atoms with Crippen LogP contribution in [0.4, 0.5) is 0 Å². The molecule has 22 heavy (non-hydrogen) atoms. The fourth-order valence-corrected chi connectivity index (χ4v) is 2.65. The third-order valence-corrected chi connectivity index (χ3v) is 3.90. The lowest BCUT2D eigenvalue weighted by Crippen LogP contribution is -2.33. The number of hydrogen-bond donors (Lipinski definition) is 1. The number of carbonyl (C=O) groups is 1. The van der Waals surface area contributed by atoms with Crippen LogP contribution >= 0.6 is 0 Å². The Bertz CT molecular complexity index is 597. The van der Waals surface area contributed by atoms with Crippen molar-refractivity contribution in [2.45, 2.75) is 33.3 Å². The molecule has 2 aromatic carbocycles. The highest BCUT2D eigenvalue weighted by molar-refractivity contribution is 5.86. The zero-order chi connectivity index (χ0) is 16.2. The molecule has 0 aliphatic carbocycles. The van der Waals surface area contributed by atoms with E-state index in [1.165, 1.54) is 0 Å². The van der Waals surface area contributed by atoms with E-state index in [9.17, 15) is 9.90 Å². The van der Waals surface area contributed by atoms with Gasteiger partial charge in [0.2, 0.25) is 0 Å². The molecule has 2 heteroatoms. The van der Waals surface area contributed by atoms with Gasteiger partial charge < -0.3 is 5.11 Å². The Labute approximate surface area is 132 Å². The average molecular weight is 296 g/mol. The van der Waals surface area contributed by atoms with Crippen molar-refractivity contribution in [2.24, 2.45) is 11.3 Å². The van der Waals surface area contributed by atoms with Gasteiger partial charge in [-0.05, 0) is 17.5 Å². The second-order valence-electron chi connectivity index (χ2n) is 6.77. The van der Waals surface area contributed by atoms with Crippen molar-refractivity contribution in [3.63, 3.8) is 0 Å². The third kappa shape index (κ3) is 4.05. The minimum atomic E-state index is -0.784. The first-order chi connectivity index (χ1) is 10.4. The molecule has 0 saturated heterocycles. The number of aliphatic hydroxyl groups excluding tert-OH is 1. The third-order valence-electron chi connectivity index (χ3n) is 3.90. The van der Waals surface area contributed by atoms with Crippen LogP contribution < -0.4 is 0 Å². The first kappa shape index (κ1) is 16.4. The fourth-order valence-electron chi connectivity index (χ4n) is 2.65. The number of carbonyl (C=O) groups excluding carboxylic acids is 1. The molecular weight excluding hydrogens is 272 g/mol. The van der Waals surface area contributed by atoms with E-state index in [1.807, 2.05) is 81.4 Å². The van der Waals surface area contributed by atoms with Crippen molar-refractivity contribution in [1.82, 2.24) is 0 Å². The first-order valence-electron chi connectivity index (χ1n) is 7.71. The molecule has 116 valence electrons. The molecule has 0 spiro atoms. The molecule has 2 rings (SSSR count). The zero-order valence-electron chi connectivity index (χ0n) is 13.5. The number of ketones is 1. The summed E-state index contributed by atoms with van der Waals surface area (Å²) in [5.74, 6) is -0.350. The molecule has 0 saturated carbocycles. The summed E-state index contributed by atoms with van der Waals surface area (Å²) >= 11 is 0. The lowest BCUT2D eigenvalue weighted by molar-refractivity contribution is -0.134. The number of aliphatic hydroxyl groups is 1. The molecule has 0 radical (unpaired) electrons. The summed E-state index contributed by atoms with van der Waals surface area (Å²) in [5, 5.41) is 10.8. The Hall–Kier alpha value is -1.93. The van der Waals surface area contributed by atoms with Crippen molar-refractivity contribution in [3.05, 3.63) is 71.8 Å². The maximum atomic E-state index is 12.8. The van der Waals surface area contributed by atoms with Gasteiger partial charge in [0.1, 0.15) is 5.78 Å². The molecule has 0 fully saturated rings. The summed E-state index contributed by atoms with van der Waals surface area (Å²) in [6.45, 7) is 5.72. The zero-order valence-corrected chi connectivity index (χ0v) is 13.5. The molecule has 2 nitrogen and oxygen atoms in total. The van der Waals surface area contributed by atoms with Gasteiger partial charge in [0.25, 0.3) is 0 Å². The van der Waals surface area contributed by atoms with Crippen molar-refractivity contribution in [2.75, 3.05) is 0 Å². The second-order valence-corrected chi connectivity index (χ2v) is 6.77. The molecule has 2 atom stereocenters. The summed E-state index contributed by atoms with van der Waals surface area (Å²) in [6.07, 6.45) is -0.236. The van der Waals surface area contributed by atoms with Crippen LogP contribution in [-0.4, -0.2) is 10.9 Å². The van der Waals surface area contributed by atoms with E-state index in [2.05, 4.69) is 0 Å². The van der Waals surface area contributed by atoms with E-state index in [4.69, 9.17) is 0 Å². The summed E-state index contributed by atoms with van der Waals surface area (Å²) in [5.41, 5.74) is 1.39. The van der Waals surface area contributed by atoms with Gasteiger partial charge in [-0.3, -0.25) is 4.79 Å². The highest BCUT2D eigenvalue weighted by Crippen LogP contribution is 2.32. The fraction of sp³-hybridized carbons (Fsp3) is 0.350. The SMILES string of the molecule is CC(C)(C)C(=O)C(Cc1ccccc1)C(O)c1ccccc1. The average Bonchev–Trinajstić information content (AvgIpc) is 2.52. The van der Waals surface area contributed by atoms with Crippen LogP contribution in [0, 0.1) is 11.3 Å². The van der Waals surface area contributed by atoms with Crippen LogP contribution in [0.3, 0.4) is 0 Å². The molecule has 0 heterocycles. The molecule has 1 N–H and O–H groups in total. The van der Waals surface area contributed by atoms with Crippen molar-refractivity contribution < 1.29 is 9.90 Å². The van der Waals surface area contributed by atoms with E-state index in [-0.39, 0.29) is 5.78 Å². The Kier molecular flexibility index (Phi) is 5.15. The Morgan fingerprint density at radius 3 is 1.95 bits per heavy atom. The summed E-state index contributed by atoms with van der Waals surface area (Å²) in [7, 11) is 0. The number of hydrogen-bond acceptors (Lipinski definition) is 2. The topological polar surface area (TPSA) is 37.3 Å². The van der Waals surface area contributed by atoms with Gasteiger partial charge >= 0.3 is 0 Å². The predicted molar refractivity (Wildman–Crippen MR) is 89.5 cm³/mol. The Morgan fingerprint density at radius 2 is 1.45 bits per heavy atom. The minimum Gasteiger partial charge on any atom is -0.388 e. The van der Waals surface area contributed by atoms with E-state index in [0.717, 1.165) is 11.1 Å². The maximum Gasteiger partial charge on any atom is 0.144 e. The Morgan fingerprint density at radius 1 is 0.955 bits per heavy atom. The van der Waals surface area contributed by atoms with E-state index < -0.39 is 17.4 Å².